The van der Waals surface area contributed by atoms with Crippen molar-refractivity contribution in [3.05, 3.63) is 12.2 Å². The zero-order chi connectivity index (χ0) is 7.98. The predicted molar refractivity (Wildman–Crippen MR) is 40.9 cm³/mol. The monoisotopic (exact) mass is 142 g/mol. The molecule has 0 aromatic carbocycles. The van der Waals surface area contributed by atoms with E-state index in [0.717, 1.165) is 6.42 Å². The molecule has 0 atom stereocenters. The zero-order valence-electron chi connectivity index (χ0n) is 6.64. The first-order valence-electron chi connectivity index (χ1n) is 3.36. The van der Waals surface area contributed by atoms with E-state index in [4.69, 9.17) is 4.74 Å². The van der Waals surface area contributed by atoms with Gasteiger partial charge in [-0.3, -0.25) is 4.79 Å². The number of rotatable bonds is 5. The minimum atomic E-state index is 0.136. The van der Waals surface area contributed by atoms with Gasteiger partial charge < -0.3 is 4.74 Å². The zero-order valence-corrected chi connectivity index (χ0v) is 6.64. The van der Waals surface area contributed by atoms with Crippen LogP contribution in [0.2, 0.25) is 0 Å². The van der Waals surface area contributed by atoms with Crippen molar-refractivity contribution in [3.63, 3.8) is 0 Å². The van der Waals surface area contributed by atoms with Crippen molar-refractivity contribution in [2.24, 2.45) is 0 Å². The summed E-state index contributed by atoms with van der Waals surface area (Å²) in [6.07, 6.45) is 1.35. The Morgan fingerprint density at radius 1 is 1.60 bits per heavy atom. The van der Waals surface area contributed by atoms with E-state index >= 15 is 0 Å². The Labute approximate surface area is 61.9 Å². The van der Waals surface area contributed by atoms with Gasteiger partial charge in [-0.25, -0.2) is 0 Å². The summed E-state index contributed by atoms with van der Waals surface area (Å²) in [7, 11) is 1.63. The molecule has 0 fully saturated rings. The van der Waals surface area contributed by atoms with Crippen LogP contribution in [0.15, 0.2) is 12.2 Å². The largest absolute Gasteiger partial charge is 0.385 e. The SMILES string of the molecule is C=C(C)C(=O)CCCOC. The van der Waals surface area contributed by atoms with Gasteiger partial charge in [0.1, 0.15) is 0 Å². The normalized spacial score (nSPS) is 9.40. The predicted octanol–water partition coefficient (Wildman–Crippen LogP) is 1.56. The first kappa shape index (κ1) is 9.37. The van der Waals surface area contributed by atoms with E-state index in [2.05, 4.69) is 6.58 Å². The molecule has 0 radical (unpaired) electrons. The summed E-state index contributed by atoms with van der Waals surface area (Å²) in [5.41, 5.74) is 0.635. The average Bonchev–Trinajstić information content (AvgIpc) is 1.88. The third-order valence-electron chi connectivity index (χ3n) is 1.23. The molecule has 0 aromatic rings. The summed E-state index contributed by atoms with van der Waals surface area (Å²) in [5.74, 6) is 0.136. The number of ketones is 1. The smallest absolute Gasteiger partial charge is 0.158 e. The summed E-state index contributed by atoms with van der Waals surface area (Å²) >= 11 is 0. The lowest BCUT2D eigenvalue weighted by atomic mass is 10.1. The maximum absolute atomic E-state index is 10.9. The topological polar surface area (TPSA) is 26.3 Å². The second kappa shape index (κ2) is 5.18. The van der Waals surface area contributed by atoms with Crippen LogP contribution in [-0.4, -0.2) is 19.5 Å². The number of carbonyl (C=O) groups is 1. The van der Waals surface area contributed by atoms with E-state index in [1.165, 1.54) is 0 Å². The van der Waals surface area contributed by atoms with Crippen molar-refractivity contribution in [1.29, 1.82) is 0 Å². The molecule has 10 heavy (non-hydrogen) atoms. The van der Waals surface area contributed by atoms with E-state index in [-0.39, 0.29) is 5.78 Å². The molecule has 0 aliphatic heterocycles. The van der Waals surface area contributed by atoms with Crippen LogP contribution in [0, 0.1) is 0 Å². The molecular weight excluding hydrogens is 128 g/mol. The molecule has 0 amide bonds. The second-order valence-corrected chi connectivity index (χ2v) is 2.30. The minimum absolute atomic E-state index is 0.136. The van der Waals surface area contributed by atoms with E-state index in [0.29, 0.717) is 18.6 Å². The maximum atomic E-state index is 10.9. The fourth-order valence-electron chi connectivity index (χ4n) is 0.590. The van der Waals surface area contributed by atoms with Crippen molar-refractivity contribution >= 4 is 5.78 Å². The Balaban J connectivity index is 3.31. The van der Waals surface area contributed by atoms with Crippen LogP contribution in [0.3, 0.4) is 0 Å². The lowest BCUT2D eigenvalue weighted by molar-refractivity contribution is -0.115. The number of methoxy groups -OCH3 is 1. The summed E-state index contributed by atoms with van der Waals surface area (Å²) in [4.78, 5) is 10.9. The number of hydrogen-bond acceptors (Lipinski definition) is 2. The first-order chi connectivity index (χ1) is 4.68. The molecule has 0 heterocycles. The van der Waals surface area contributed by atoms with Gasteiger partial charge in [0.2, 0.25) is 0 Å². The molecule has 0 rings (SSSR count). The van der Waals surface area contributed by atoms with Crippen LogP contribution in [-0.2, 0) is 9.53 Å². The maximum Gasteiger partial charge on any atom is 0.158 e. The van der Waals surface area contributed by atoms with Gasteiger partial charge in [0.05, 0.1) is 0 Å². The van der Waals surface area contributed by atoms with Crippen molar-refractivity contribution < 1.29 is 9.53 Å². The molecule has 0 aliphatic carbocycles. The van der Waals surface area contributed by atoms with E-state index in [1.54, 1.807) is 14.0 Å². The highest BCUT2D eigenvalue weighted by molar-refractivity contribution is 5.93. The highest BCUT2D eigenvalue weighted by Gasteiger charge is 1.99. The molecule has 0 spiro atoms. The highest BCUT2D eigenvalue weighted by atomic mass is 16.5. The quantitative estimate of drug-likeness (QED) is 0.430. The van der Waals surface area contributed by atoms with E-state index in [9.17, 15) is 4.79 Å². The number of hydrogen-bond donors (Lipinski definition) is 0. The molecule has 0 saturated heterocycles. The molecule has 0 aromatic heterocycles. The Hall–Kier alpha value is -0.630. The molecular formula is C8H14O2. The third-order valence-corrected chi connectivity index (χ3v) is 1.23. The van der Waals surface area contributed by atoms with Crippen molar-refractivity contribution in [3.8, 4) is 0 Å². The van der Waals surface area contributed by atoms with Gasteiger partial charge in [-0.15, -0.1) is 0 Å². The fourth-order valence-corrected chi connectivity index (χ4v) is 0.590. The number of ether oxygens (including phenoxy) is 1. The standard InChI is InChI=1S/C8H14O2/c1-7(2)8(9)5-4-6-10-3/h1,4-6H2,2-3H3. The van der Waals surface area contributed by atoms with Gasteiger partial charge in [0, 0.05) is 20.1 Å². The molecule has 0 N–H and O–H groups in total. The summed E-state index contributed by atoms with van der Waals surface area (Å²) < 4.78 is 4.79. The Morgan fingerprint density at radius 2 is 2.20 bits per heavy atom. The lowest BCUT2D eigenvalue weighted by Gasteiger charge is -1.97. The molecule has 58 valence electrons. The van der Waals surface area contributed by atoms with Crippen LogP contribution < -0.4 is 0 Å². The number of carbonyl (C=O) groups excluding carboxylic acids is 1. The summed E-state index contributed by atoms with van der Waals surface area (Å²) in [6, 6.07) is 0. The van der Waals surface area contributed by atoms with Crippen molar-refractivity contribution in [2.75, 3.05) is 13.7 Å². The van der Waals surface area contributed by atoms with E-state index in [1.807, 2.05) is 0 Å². The van der Waals surface area contributed by atoms with Gasteiger partial charge in [0.25, 0.3) is 0 Å². The van der Waals surface area contributed by atoms with Gasteiger partial charge in [-0.05, 0) is 18.9 Å². The van der Waals surface area contributed by atoms with Crippen LogP contribution in [0.5, 0.6) is 0 Å². The lowest BCUT2D eigenvalue weighted by Crippen LogP contribution is -2.00. The molecule has 0 saturated carbocycles. The average molecular weight is 142 g/mol. The Bertz CT molecular complexity index is 127. The third kappa shape index (κ3) is 4.27. The van der Waals surface area contributed by atoms with Gasteiger partial charge in [-0.1, -0.05) is 6.58 Å². The molecule has 2 nitrogen and oxygen atoms in total. The van der Waals surface area contributed by atoms with Crippen LogP contribution in [0.25, 0.3) is 0 Å². The first-order valence-corrected chi connectivity index (χ1v) is 3.36. The Kier molecular flexibility index (Phi) is 4.85. The van der Waals surface area contributed by atoms with Crippen molar-refractivity contribution in [2.45, 2.75) is 19.8 Å². The van der Waals surface area contributed by atoms with Crippen molar-refractivity contribution in [1.82, 2.24) is 0 Å². The van der Waals surface area contributed by atoms with Gasteiger partial charge >= 0.3 is 0 Å². The molecule has 0 aliphatic rings. The fraction of sp³-hybridized carbons (Fsp3) is 0.625. The summed E-state index contributed by atoms with van der Waals surface area (Å²) in [5, 5.41) is 0. The molecule has 0 unspecified atom stereocenters. The second-order valence-electron chi connectivity index (χ2n) is 2.30. The highest BCUT2D eigenvalue weighted by Crippen LogP contribution is 1.98. The number of Topliss-reactive ketones (excluding diaryl/α,β-unsaturated/α-hetero) is 1. The minimum Gasteiger partial charge on any atom is -0.385 e. The van der Waals surface area contributed by atoms with E-state index < -0.39 is 0 Å². The van der Waals surface area contributed by atoms with Gasteiger partial charge in [-0.2, -0.15) is 0 Å². The van der Waals surface area contributed by atoms with Crippen LogP contribution in [0.1, 0.15) is 19.8 Å². The van der Waals surface area contributed by atoms with Gasteiger partial charge in [0.15, 0.2) is 5.78 Å². The van der Waals surface area contributed by atoms with Crippen LogP contribution in [0.4, 0.5) is 0 Å². The molecule has 0 bridgehead atoms. The van der Waals surface area contributed by atoms with Crippen LogP contribution >= 0.6 is 0 Å². The summed E-state index contributed by atoms with van der Waals surface area (Å²) in [6.45, 7) is 5.93. The molecule has 2 heteroatoms. The number of allylic oxidation sites excluding steroid dienone is 1. The Morgan fingerprint density at radius 3 is 2.60 bits per heavy atom.